The Hall–Kier alpha value is -2.04. The highest BCUT2D eigenvalue weighted by atomic mass is 16.6. The van der Waals surface area contributed by atoms with Crippen LogP contribution in [0.25, 0.3) is 0 Å². The van der Waals surface area contributed by atoms with Crippen molar-refractivity contribution >= 4 is 12.1 Å². The summed E-state index contributed by atoms with van der Waals surface area (Å²) in [6, 6.07) is 8.35. The molecule has 5 heteroatoms. The zero-order valence-electron chi connectivity index (χ0n) is 10.5. The first-order chi connectivity index (χ1) is 8.56. The average Bonchev–Trinajstić information content (AvgIpc) is 2.38. The van der Waals surface area contributed by atoms with Crippen molar-refractivity contribution in [3.63, 3.8) is 0 Å². The summed E-state index contributed by atoms with van der Waals surface area (Å²) >= 11 is 0. The SMILES string of the molecule is CCN(C(=O)OCc1ccccc1)[C@H](C)C(=O)O. The average molecular weight is 251 g/mol. The number of carboxylic acid groups (broad SMARTS) is 1. The summed E-state index contributed by atoms with van der Waals surface area (Å²) in [6.07, 6.45) is -0.615. The van der Waals surface area contributed by atoms with E-state index in [1.807, 2.05) is 30.3 Å². The predicted octanol–water partition coefficient (Wildman–Crippen LogP) is 2.12. The van der Waals surface area contributed by atoms with Crippen molar-refractivity contribution in [1.82, 2.24) is 4.90 Å². The number of ether oxygens (including phenoxy) is 1. The lowest BCUT2D eigenvalue weighted by Gasteiger charge is -2.24. The van der Waals surface area contributed by atoms with E-state index in [1.165, 1.54) is 11.8 Å². The summed E-state index contributed by atoms with van der Waals surface area (Å²) < 4.78 is 5.08. The maximum absolute atomic E-state index is 11.7. The molecule has 98 valence electrons. The van der Waals surface area contributed by atoms with Gasteiger partial charge in [0.25, 0.3) is 0 Å². The third kappa shape index (κ3) is 3.76. The number of rotatable bonds is 5. The van der Waals surface area contributed by atoms with Crippen LogP contribution in [0.2, 0.25) is 0 Å². The molecule has 18 heavy (non-hydrogen) atoms. The van der Waals surface area contributed by atoms with E-state index in [1.54, 1.807) is 6.92 Å². The molecule has 0 heterocycles. The van der Waals surface area contributed by atoms with Crippen LogP contribution in [0, 0.1) is 0 Å². The molecular formula is C13H17NO4. The first-order valence-electron chi connectivity index (χ1n) is 5.76. The van der Waals surface area contributed by atoms with Gasteiger partial charge in [-0.05, 0) is 19.4 Å². The van der Waals surface area contributed by atoms with Gasteiger partial charge in [-0.25, -0.2) is 9.59 Å². The Morgan fingerprint density at radius 1 is 1.33 bits per heavy atom. The third-order valence-corrected chi connectivity index (χ3v) is 2.61. The summed E-state index contributed by atoms with van der Waals surface area (Å²) in [5.41, 5.74) is 0.866. The van der Waals surface area contributed by atoms with Crippen molar-refractivity contribution in [2.45, 2.75) is 26.5 Å². The molecule has 0 aliphatic rings. The molecule has 1 amide bonds. The molecule has 1 rings (SSSR count). The minimum Gasteiger partial charge on any atom is -0.480 e. The van der Waals surface area contributed by atoms with Crippen LogP contribution >= 0.6 is 0 Å². The van der Waals surface area contributed by atoms with Gasteiger partial charge in [-0.15, -0.1) is 0 Å². The molecule has 0 saturated heterocycles. The van der Waals surface area contributed by atoms with Gasteiger partial charge in [-0.3, -0.25) is 4.90 Å². The number of amides is 1. The van der Waals surface area contributed by atoms with Crippen LogP contribution in [-0.2, 0) is 16.1 Å². The highest BCUT2D eigenvalue weighted by Gasteiger charge is 2.25. The fourth-order valence-electron chi connectivity index (χ4n) is 1.50. The van der Waals surface area contributed by atoms with Crippen molar-refractivity contribution in [3.05, 3.63) is 35.9 Å². The van der Waals surface area contributed by atoms with Gasteiger partial charge >= 0.3 is 12.1 Å². The number of aliphatic carboxylic acids is 1. The Kier molecular flexibility index (Phi) is 5.17. The lowest BCUT2D eigenvalue weighted by molar-refractivity contribution is -0.142. The Balaban J connectivity index is 2.56. The smallest absolute Gasteiger partial charge is 0.410 e. The highest BCUT2D eigenvalue weighted by Crippen LogP contribution is 2.06. The van der Waals surface area contributed by atoms with E-state index in [0.29, 0.717) is 6.54 Å². The molecule has 0 aromatic heterocycles. The fraction of sp³-hybridized carbons (Fsp3) is 0.385. The lowest BCUT2D eigenvalue weighted by Crippen LogP contribution is -2.43. The molecule has 0 fully saturated rings. The maximum Gasteiger partial charge on any atom is 0.410 e. The molecule has 1 aromatic rings. The van der Waals surface area contributed by atoms with Gasteiger partial charge in [0, 0.05) is 6.54 Å². The predicted molar refractivity (Wildman–Crippen MR) is 66.1 cm³/mol. The first-order valence-corrected chi connectivity index (χ1v) is 5.76. The van der Waals surface area contributed by atoms with Crippen LogP contribution in [-0.4, -0.2) is 34.7 Å². The van der Waals surface area contributed by atoms with E-state index in [4.69, 9.17) is 9.84 Å². The Bertz CT molecular complexity index is 405. The number of nitrogens with zero attached hydrogens (tertiary/aromatic N) is 1. The van der Waals surface area contributed by atoms with Crippen LogP contribution in [0.1, 0.15) is 19.4 Å². The number of carbonyl (C=O) groups excluding carboxylic acids is 1. The standard InChI is InChI=1S/C13H17NO4/c1-3-14(10(2)12(15)16)13(17)18-9-11-7-5-4-6-8-11/h4-8,10H,3,9H2,1-2H3,(H,15,16)/t10-/m1/s1. The van der Waals surface area contributed by atoms with Crippen LogP contribution in [0.5, 0.6) is 0 Å². The van der Waals surface area contributed by atoms with Crippen LogP contribution < -0.4 is 0 Å². The number of hydrogen-bond acceptors (Lipinski definition) is 3. The summed E-state index contributed by atoms with van der Waals surface area (Å²) in [7, 11) is 0. The van der Waals surface area contributed by atoms with Gasteiger partial charge < -0.3 is 9.84 Å². The third-order valence-electron chi connectivity index (χ3n) is 2.61. The molecule has 1 aromatic carbocycles. The van der Waals surface area contributed by atoms with E-state index >= 15 is 0 Å². The van der Waals surface area contributed by atoms with Crippen molar-refractivity contribution in [3.8, 4) is 0 Å². The minimum absolute atomic E-state index is 0.141. The molecule has 0 aliphatic carbocycles. The second-order valence-corrected chi connectivity index (χ2v) is 3.84. The minimum atomic E-state index is -1.05. The van der Waals surface area contributed by atoms with E-state index in [9.17, 15) is 9.59 Å². The van der Waals surface area contributed by atoms with Crippen LogP contribution in [0.4, 0.5) is 4.79 Å². The largest absolute Gasteiger partial charge is 0.480 e. The van der Waals surface area contributed by atoms with Crippen molar-refractivity contribution in [2.75, 3.05) is 6.54 Å². The zero-order valence-corrected chi connectivity index (χ0v) is 10.5. The molecule has 1 atom stereocenters. The number of hydrogen-bond donors (Lipinski definition) is 1. The second-order valence-electron chi connectivity index (χ2n) is 3.84. The number of likely N-dealkylation sites (N-methyl/N-ethyl adjacent to an activating group) is 1. The summed E-state index contributed by atoms with van der Waals surface area (Å²) in [5, 5.41) is 8.87. The van der Waals surface area contributed by atoms with Crippen molar-refractivity contribution < 1.29 is 19.4 Å². The number of carboxylic acids is 1. The fourth-order valence-corrected chi connectivity index (χ4v) is 1.50. The van der Waals surface area contributed by atoms with Crippen molar-refractivity contribution in [2.24, 2.45) is 0 Å². The van der Waals surface area contributed by atoms with E-state index in [2.05, 4.69) is 0 Å². The van der Waals surface area contributed by atoms with Crippen molar-refractivity contribution in [1.29, 1.82) is 0 Å². The highest BCUT2D eigenvalue weighted by molar-refractivity contribution is 5.79. The summed E-state index contributed by atoms with van der Waals surface area (Å²) in [4.78, 5) is 23.7. The monoisotopic (exact) mass is 251 g/mol. The summed E-state index contributed by atoms with van der Waals surface area (Å²) in [6.45, 7) is 3.60. The number of carbonyl (C=O) groups is 2. The first kappa shape index (κ1) is 14.0. The normalized spacial score (nSPS) is 11.7. The van der Waals surface area contributed by atoms with Gasteiger partial charge in [0.2, 0.25) is 0 Å². The van der Waals surface area contributed by atoms with Gasteiger partial charge in [0.1, 0.15) is 12.6 Å². The zero-order chi connectivity index (χ0) is 13.5. The maximum atomic E-state index is 11.7. The molecule has 1 N–H and O–H groups in total. The molecule has 0 saturated carbocycles. The van der Waals surface area contributed by atoms with E-state index < -0.39 is 18.1 Å². The molecule has 0 aliphatic heterocycles. The summed E-state index contributed by atoms with van der Waals surface area (Å²) in [5.74, 6) is -1.05. The molecule has 0 spiro atoms. The van der Waals surface area contributed by atoms with Crippen LogP contribution in [0.15, 0.2) is 30.3 Å². The van der Waals surface area contributed by atoms with Gasteiger partial charge in [0.15, 0.2) is 0 Å². The van der Waals surface area contributed by atoms with E-state index in [-0.39, 0.29) is 6.61 Å². The Morgan fingerprint density at radius 2 is 1.94 bits per heavy atom. The number of benzene rings is 1. The molecule has 0 bridgehead atoms. The molecular weight excluding hydrogens is 234 g/mol. The van der Waals surface area contributed by atoms with Gasteiger partial charge in [-0.2, -0.15) is 0 Å². The van der Waals surface area contributed by atoms with E-state index in [0.717, 1.165) is 5.56 Å². The van der Waals surface area contributed by atoms with Gasteiger partial charge in [0.05, 0.1) is 0 Å². The van der Waals surface area contributed by atoms with Gasteiger partial charge in [-0.1, -0.05) is 30.3 Å². The molecule has 0 unspecified atom stereocenters. The Labute approximate surface area is 106 Å². The topological polar surface area (TPSA) is 66.8 Å². The lowest BCUT2D eigenvalue weighted by atomic mass is 10.2. The molecule has 0 radical (unpaired) electrons. The molecule has 5 nitrogen and oxygen atoms in total. The quantitative estimate of drug-likeness (QED) is 0.870. The van der Waals surface area contributed by atoms with Crippen LogP contribution in [0.3, 0.4) is 0 Å². The second kappa shape index (κ2) is 6.64. The Morgan fingerprint density at radius 3 is 2.44 bits per heavy atom.